The quantitative estimate of drug-likeness (QED) is 0.859. The van der Waals surface area contributed by atoms with Crippen molar-refractivity contribution >= 4 is 26.7 Å². The van der Waals surface area contributed by atoms with E-state index in [0.29, 0.717) is 18.0 Å². The van der Waals surface area contributed by atoms with Crippen LogP contribution < -0.4 is 4.72 Å². The van der Waals surface area contributed by atoms with Gasteiger partial charge in [0.05, 0.1) is 22.5 Å². The summed E-state index contributed by atoms with van der Waals surface area (Å²) in [6.07, 6.45) is 1.53. The van der Waals surface area contributed by atoms with Crippen LogP contribution in [-0.4, -0.2) is 24.1 Å². The fourth-order valence-electron chi connectivity index (χ4n) is 1.93. The molecule has 2 aromatic rings. The molecule has 110 valence electrons. The topological polar surface area (TPSA) is 74.8 Å². The molecule has 5 nitrogen and oxygen atoms in total. The third-order valence-corrected chi connectivity index (χ3v) is 4.46. The summed E-state index contributed by atoms with van der Waals surface area (Å²) >= 11 is 0. The largest absolute Gasteiger partial charge is 0.342 e. The summed E-state index contributed by atoms with van der Waals surface area (Å²) in [6.45, 7) is 6.10. The van der Waals surface area contributed by atoms with Gasteiger partial charge in [0.15, 0.2) is 0 Å². The number of hydrogen-bond acceptors (Lipinski definition) is 3. The molecule has 20 heavy (non-hydrogen) atoms. The third kappa shape index (κ3) is 3.50. The molecule has 2 N–H and O–H groups in total. The molecule has 2 rings (SSSR count). The summed E-state index contributed by atoms with van der Waals surface area (Å²) in [5.74, 6) is 1.37. The van der Waals surface area contributed by atoms with E-state index in [0.717, 1.165) is 23.3 Å². The van der Waals surface area contributed by atoms with Crippen molar-refractivity contribution in [1.82, 2.24) is 9.97 Å². The zero-order valence-electron chi connectivity index (χ0n) is 12.1. The molecule has 0 aliphatic heterocycles. The highest BCUT2D eigenvalue weighted by Gasteiger charge is 2.11. The molecule has 0 saturated carbocycles. The van der Waals surface area contributed by atoms with Gasteiger partial charge in [0.25, 0.3) is 0 Å². The zero-order chi connectivity index (χ0) is 14.8. The van der Waals surface area contributed by atoms with Crippen LogP contribution in [0.15, 0.2) is 18.2 Å². The van der Waals surface area contributed by atoms with Crippen LogP contribution in [0.3, 0.4) is 0 Å². The number of anilines is 1. The highest BCUT2D eigenvalue weighted by Crippen LogP contribution is 2.21. The molecular weight excluding hydrogens is 274 g/mol. The van der Waals surface area contributed by atoms with E-state index < -0.39 is 10.0 Å². The summed E-state index contributed by atoms with van der Waals surface area (Å²) in [7, 11) is -3.26. The molecule has 6 heteroatoms. The van der Waals surface area contributed by atoms with Crippen molar-refractivity contribution < 1.29 is 8.42 Å². The number of fused-ring (bicyclic) bond motifs is 1. The monoisotopic (exact) mass is 295 g/mol. The Morgan fingerprint density at radius 2 is 2.10 bits per heavy atom. The van der Waals surface area contributed by atoms with Crippen molar-refractivity contribution in [1.29, 1.82) is 0 Å². The predicted octanol–water partition coefficient (Wildman–Crippen LogP) is 3.23. The smallest absolute Gasteiger partial charge is 0.232 e. The number of nitrogens with zero attached hydrogens (tertiary/aromatic N) is 1. The minimum absolute atomic E-state index is 0.155. The molecular formula is C14H21N3O2S. The van der Waals surface area contributed by atoms with Gasteiger partial charge in [-0.05, 0) is 24.6 Å². The summed E-state index contributed by atoms with van der Waals surface area (Å²) in [6, 6.07) is 5.36. The lowest BCUT2D eigenvalue weighted by atomic mass is 10.2. The molecule has 0 atom stereocenters. The molecule has 0 radical (unpaired) electrons. The maximum Gasteiger partial charge on any atom is 0.232 e. The summed E-state index contributed by atoms with van der Waals surface area (Å²) < 4.78 is 26.4. The van der Waals surface area contributed by atoms with Gasteiger partial charge in [0.1, 0.15) is 5.82 Å². The number of nitrogens with one attached hydrogen (secondary N) is 2. The molecule has 1 aromatic heterocycles. The highest BCUT2D eigenvalue weighted by molar-refractivity contribution is 7.92. The van der Waals surface area contributed by atoms with E-state index in [2.05, 4.69) is 28.5 Å². The zero-order valence-corrected chi connectivity index (χ0v) is 12.9. The second-order valence-corrected chi connectivity index (χ2v) is 7.13. The SMILES string of the molecule is CCCCS(=O)(=O)Nc1ccc2nc(C(C)C)[nH]c2c1. The van der Waals surface area contributed by atoms with Crippen molar-refractivity contribution in [3.8, 4) is 0 Å². The minimum Gasteiger partial charge on any atom is -0.342 e. The number of imidazole rings is 1. The predicted molar refractivity (Wildman–Crippen MR) is 82.5 cm³/mol. The van der Waals surface area contributed by atoms with Gasteiger partial charge in [-0.15, -0.1) is 0 Å². The number of hydrogen-bond donors (Lipinski definition) is 2. The Kier molecular flexibility index (Phi) is 4.32. The van der Waals surface area contributed by atoms with Crippen LogP contribution in [0.2, 0.25) is 0 Å². The van der Waals surface area contributed by atoms with Crippen LogP contribution in [0.4, 0.5) is 5.69 Å². The molecule has 0 aliphatic rings. The fraction of sp³-hybridized carbons (Fsp3) is 0.500. The molecule has 0 bridgehead atoms. The summed E-state index contributed by atoms with van der Waals surface area (Å²) in [5, 5.41) is 0. The first-order chi connectivity index (χ1) is 9.41. The maximum atomic E-state index is 11.9. The highest BCUT2D eigenvalue weighted by atomic mass is 32.2. The number of rotatable bonds is 6. The number of H-pyrrole nitrogens is 1. The fourth-order valence-corrected chi connectivity index (χ4v) is 3.19. The number of aromatic nitrogens is 2. The number of aromatic amines is 1. The van der Waals surface area contributed by atoms with Crippen LogP contribution in [0.25, 0.3) is 11.0 Å². The van der Waals surface area contributed by atoms with Gasteiger partial charge in [-0.1, -0.05) is 27.2 Å². The van der Waals surface area contributed by atoms with E-state index in [4.69, 9.17) is 0 Å². The van der Waals surface area contributed by atoms with Gasteiger partial charge in [0, 0.05) is 5.92 Å². The maximum absolute atomic E-state index is 11.9. The van der Waals surface area contributed by atoms with Crippen molar-refractivity contribution in [2.75, 3.05) is 10.5 Å². The molecule has 0 fully saturated rings. The summed E-state index contributed by atoms with van der Waals surface area (Å²) in [5.41, 5.74) is 2.28. The van der Waals surface area contributed by atoms with Crippen molar-refractivity contribution in [3.63, 3.8) is 0 Å². The van der Waals surface area contributed by atoms with E-state index in [1.165, 1.54) is 0 Å². The van der Waals surface area contributed by atoms with Crippen molar-refractivity contribution in [2.45, 2.75) is 39.5 Å². The van der Waals surface area contributed by atoms with Gasteiger partial charge in [0.2, 0.25) is 10.0 Å². The lowest BCUT2D eigenvalue weighted by Crippen LogP contribution is -2.16. The van der Waals surface area contributed by atoms with E-state index in [1.807, 2.05) is 13.0 Å². The average Bonchev–Trinajstić information content (AvgIpc) is 2.79. The van der Waals surface area contributed by atoms with E-state index in [-0.39, 0.29) is 5.75 Å². The van der Waals surface area contributed by atoms with Crippen LogP contribution >= 0.6 is 0 Å². The van der Waals surface area contributed by atoms with E-state index >= 15 is 0 Å². The van der Waals surface area contributed by atoms with Gasteiger partial charge >= 0.3 is 0 Å². The average molecular weight is 295 g/mol. The normalized spacial score (nSPS) is 12.2. The molecule has 0 spiro atoms. The van der Waals surface area contributed by atoms with Gasteiger partial charge < -0.3 is 4.98 Å². The Labute approximate surface area is 119 Å². The molecule has 0 aliphatic carbocycles. The van der Waals surface area contributed by atoms with Crippen LogP contribution in [-0.2, 0) is 10.0 Å². The second-order valence-electron chi connectivity index (χ2n) is 5.28. The van der Waals surface area contributed by atoms with Gasteiger partial charge in [-0.2, -0.15) is 0 Å². The third-order valence-electron chi connectivity index (χ3n) is 3.09. The first-order valence-electron chi connectivity index (χ1n) is 6.91. The molecule has 1 heterocycles. The molecule has 0 saturated heterocycles. The van der Waals surface area contributed by atoms with Crippen molar-refractivity contribution in [3.05, 3.63) is 24.0 Å². The molecule has 0 unspecified atom stereocenters. The van der Waals surface area contributed by atoms with Crippen LogP contribution in [0, 0.1) is 0 Å². The minimum atomic E-state index is -3.26. The summed E-state index contributed by atoms with van der Waals surface area (Å²) in [4.78, 5) is 7.69. The Balaban J connectivity index is 2.23. The van der Waals surface area contributed by atoms with E-state index in [9.17, 15) is 8.42 Å². The number of benzene rings is 1. The number of sulfonamides is 1. The standard InChI is InChI=1S/C14H21N3O2S/c1-4-5-8-20(18,19)17-11-6-7-12-13(9-11)16-14(15-12)10(2)3/h6-7,9-10,17H,4-5,8H2,1-3H3,(H,15,16). The van der Waals surface area contributed by atoms with Gasteiger partial charge in [-0.3, -0.25) is 4.72 Å². The van der Waals surface area contributed by atoms with Crippen LogP contribution in [0.5, 0.6) is 0 Å². The second kappa shape index (κ2) is 5.83. The number of unbranched alkanes of at least 4 members (excludes halogenated alkanes) is 1. The lowest BCUT2D eigenvalue weighted by Gasteiger charge is -2.07. The van der Waals surface area contributed by atoms with Crippen LogP contribution in [0.1, 0.15) is 45.4 Å². The first-order valence-corrected chi connectivity index (χ1v) is 8.56. The Morgan fingerprint density at radius 1 is 1.35 bits per heavy atom. The lowest BCUT2D eigenvalue weighted by molar-refractivity contribution is 0.598. The van der Waals surface area contributed by atoms with Gasteiger partial charge in [-0.25, -0.2) is 13.4 Å². The Hall–Kier alpha value is -1.56. The van der Waals surface area contributed by atoms with E-state index in [1.54, 1.807) is 12.1 Å². The first kappa shape index (κ1) is 14.8. The molecule has 0 amide bonds. The van der Waals surface area contributed by atoms with Crippen molar-refractivity contribution in [2.24, 2.45) is 0 Å². The Bertz CT molecular complexity index is 690. The molecule has 1 aromatic carbocycles. The Morgan fingerprint density at radius 3 is 2.75 bits per heavy atom.